The third-order valence-electron chi connectivity index (χ3n) is 2.86. The Morgan fingerprint density at radius 3 is 2.84 bits per heavy atom. The van der Waals surface area contributed by atoms with Crippen molar-refractivity contribution in [1.29, 1.82) is 0 Å². The zero-order chi connectivity index (χ0) is 14.0. The summed E-state index contributed by atoms with van der Waals surface area (Å²) in [6, 6.07) is 0. The Bertz CT molecular complexity index is 468. The summed E-state index contributed by atoms with van der Waals surface area (Å²) in [5, 5.41) is 9.67. The number of Topliss-reactive ketones (excluding diaryl/α,β-unsaturated/α-hetero) is 1. The van der Waals surface area contributed by atoms with Crippen molar-refractivity contribution in [2.45, 2.75) is 26.4 Å². The first-order valence-electron chi connectivity index (χ1n) is 6.10. The minimum Gasteiger partial charge on any atom is -0.476 e. The van der Waals surface area contributed by atoms with Crippen molar-refractivity contribution in [3.05, 3.63) is 10.6 Å². The van der Waals surface area contributed by atoms with Crippen molar-refractivity contribution in [2.75, 3.05) is 24.6 Å². The molecule has 1 saturated heterocycles. The zero-order valence-corrected chi connectivity index (χ0v) is 11.7. The van der Waals surface area contributed by atoms with Crippen LogP contribution in [-0.2, 0) is 4.74 Å². The Kier molecular flexibility index (Phi) is 4.16. The first-order valence-corrected chi connectivity index (χ1v) is 6.92. The molecule has 1 aromatic rings. The largest absolute Gasteiger partial charge is 0.476 e. The van der Waals surface area contributed by atoms with Crippen molar-refractivity contribution in [3.8, 4) is 0 Å². The highest BCUT2D eigenvalue weighted by Crippen LogP contribution is 2.28. The van der Waals surface area contributed by atoms with Gasteiger partial charge in [-0.25, -0.2) is 9.78 Å². The summed E-state index contributed by atoms with van der Waals surface area (Å²) < 4.78 is 5.54. The van der Waals surface area contributed by atoms with Crippen LogP contribution in [0.25, 0.3) is 0 Å². The van der Waals surface area contributed by atoms with E-state index in [9.17, 15) is 9.59 Å². The minimum absolute atomic E-state index is 0.0699. The molecule has 1 N–H and O–H groups in total. The van der Waals surface area contributed by atoms with E-state index in [1.807, 2.05) is 11.8 Å². The lowest BCUT2D eigenvalue weighted by molar-refractivity contribution is 0.0687. The summed E-state index contributed by atoms with van der Waals surface area (Å²) in [6.45, 7) is 5.43. The van der Waals surface area contributed by atoms with Gasteiger partial charge in [0.1, 0.15) is 4.88 Å². The van der Waals surface area contributed by atoms with Crippen LogP contribution in [0.4, 0.5) is 5.13 Å². The zero-order valence-electron chi connectivity index (χ0n) is 10.9. The molecule has 1 aromatic heterocycles. The van der Waals surface area contributed by atoms with Crippen LogP contribution >= 0.6 is 11.3 Å². The molecule has 0 spiro atoms. The Hall–Kier alpha value is -1.47. The number of carbonyl (C=O) groups is 2. The lowest BCUT2D eigenvalue weighted by Gasteiger charge is -2.20. The lowest BCUT2D eigenvalue weighted by Crippen LogP contribution is -2.30. The monoisotopic (exact) mass is 284 g/mol. The molecular formula is C12H16N2O4S. The number of ether oxygens (including phenoxy) is 1. The number of carboxylic acid groups (broad SMARTS) is 1. The first kappa shape index (κ1) is 14.0. The molecule has 0 amide bonds. The SMILES string of the molecule is CC(=O)c1sc(N2CCCOC(C)C2)nc1C(=O)O. The summed E-state index contributed by atoms with van der Waals surface area (Å²) >= 11 is 1.14. The fourth-order valence-corrected chi connectivity index (χ4v) is 2.98. The summed E-state index contributed by atoms with van der Waals surface area (Å²) in [6.07, 6.45) is 0.933. The third kappa shape index (κ3) is 3.10. The maximum absolute atomic E-state index is 11.5. The van der Waals surface area contributed by atoms with E-state index in [2.05, 4.69) is 4.98 Å². The van der Waals surface area contributed by atoms with Gasteiger partial charge in [0.25, 0.3) is 0 Å². The van der Waals surface area contributed by atoms with E-state index in [-0.39, 0.29) is 22.5 Å². The molecule has 104 valence electrons. The number of nitrogens with zero attached hydrogens (tertiary/aromatic N) is 2. The maximum atomic E-state index is 11.5. The molecule has 0 aromatic carbocycles. The molecule has 1 fully saturated rings. The molecule has 6 nitrogen and oxygen atoms in total. The van der Waals surface area contributed by atoms with E-state index in [1.165, 1.54) is 6.92 Å². The second-order valence-electron chi connectivity index (χ2n) is 4.52. The molecular weight excluding hydrogens is 268 g/mol. The minimum atomic E-state index is -1.16. The van der Waals surface area contributed by atoms with E-state index in [0.29, 0.717) is 18.3 Å². The average molecular weight is 284 g/mol. The Morgan fingerprint density at radius 1 is 1.53 bits per heavy atom. The molecule has 0 radical (unpaired) electrons. The number of aromatic carboxylic acids is 1. The van der Waals surface area contributed by atoms with Crippen LogP contribution in [0, 0.1) is 0 Å². The number of carbonyl (C=O) groups excluding carboxylic acids is 1. The molecule has 1 atom stereocenters. The normalized spacial score (nSPS) is 20.1. The van der Waals surface area contributed by atoms with Crippen molar-refractivity contribution in [2.24, 2.45) is 0 Å². The van der Waals surface area contributed by atoms with Gasteiger partial charge in [0.05, 0.1) is 6.10 Å². The fraction of sp³-hybridized carbons (Fsp3) is 0.583. The third-order valence-corrected chi connectivity index (χ3v) is 4.08. The molecule has 1 aliphatic heterocycles. The second kappa shape index (κ2) is 5.66. The van der Waals surface area contributed by atoms with Crippen LogP contribution < -0.4 is 4.90 Å². The molecule has 19 heavy (non-hydrogen) atoms. The topological polar surface area (TPSA) is 79.7 Å². The Labute approximate surface area is 115 Å². The predicted octanol–water partition coefficient (Wildman–Crippen LogP) is 1.66. The molecule has 2 heterocycles. The standard InChI is InChI=1S/C12H16N2O4S/c1-7-6-14(4-3-5-18-7)12-13-9(11(16)17)10(19-12)8(2)15/h7H,3-6H2,1-2H3,(H,16,17). The quantitative estimate of drug-likeness (QED) is 0.850. The predicted molar refractivity (Wildman–Crippen MR) is 71.3 cm³/mol. The first-order chi connectivity index (χ1) is 8.99. The lowest BCUT2D eigenvalue weighted by atomic mass is 10.3. The number of hydrogen-bond donors (Lipinski definition) is 1. The number of thiazole rings is 1. The second-order valence-corrected chi connectivity index (χ2v) is 5.49. The average Bonchev–Trinajstić information content (AvgIpc) is 2.68. The van der Waals surface area contributed by atoms with E-state index < -0.39 is 5.97 Å². The van der Waals surface area contributed by atoms with Crippen molar-refractivity contribution >= 4 is 28.2 Å². The van der Waals surface area contributed by atoms with Crippen LogP contribution in [0.1, 0.15) is 40.4 Å². The van der Waals surface area contributed by atoms with Crippen LogP contribution in [0.15, 0.2) is 0 Å². The van der Waals surface area contributed by atoms with E-state index in [1.54, 1.807) is 0 Å². The fourth-order valence-electron chi connectivity index (χ4n) is 2.00. The number of carboxylic acids is 1. The summed E-state index contributed by atoms with van der Waals surface area (Å²) in [5.41, 5.74) is -0.148. The van der Waals surface area contributed by atoms with Gasteiger partial charge in [-0.1, -0.05) is 11.3 Å². The maximum Gasteiger partial charge on any atom is 0.356 e. The number of hydrogen-bond acceptors (Lipinski definition) is 6. The van der Waals surface area contributed by atoms with Gasteiger partial charge in [0, 0.05) is 26.6 Å². The number of rotatable bonds is 3. The van der Waals surface area contributed by atoms with Gasteiger partial charge < -0.3 is 14.7 Å². The highest BCUT2D eigenvalue weighted by Gasteiger charge is 2.25. The van der Waals surface area contributed by atoms with E-state index >= 15 is 0 Å². The number of anilines is 1. The molecule has 2 rings (SSSR count). The smallest absolute Gasteiger partial charge is 0.356 e. The Balaban J connectivity index is 2.31. The molecule has 0 saturated carbocycles. The van der Waals surface area contributed by atoms with E-state index in [4.69, 9.17) is 9.84 Å². The number of aromatic nitrogens is 1. The molecule has 0 bridgehead atoms. The highest BCUT2D eigenvalue weighted by atomic mass is 32.1. The van der Waals surface area contributed by atoms with Gasteiger partial charge in [-0.15, -0.1) is 0 Å². The van der Waals surface area contributed by atoms with Crippen LogP contribution in [0.2, 0.25) is 0 Å². The molecule has 1 aliphatic rings. The van der Waals surface area contributed by atoms with Crippen molar-refractivity contribution < 1.29 is 19.4 Å². The van der Waals surface area contributed by atoms with Gasteiger partial charge >= 0.3 is 5.97 Å². The van der Waals surface area contributed by atoms with Gasteiger partial charge in [0.2, 0.25) is 0 Å². The summed E-state index contributed by atoms with van der Waals surface area (Å²) in [4.78, 5) is 28.9. The number of ketones is 1. The summed E-state index contributed by atoms with van der Waals surface area (Å²) in [7, 11) is 0. The van der Waals surface area contributed by atoms with E-state index in [0.717, 1.165) is 24.3 Å². The van der Waals surface area contributed by atoms with Crippen LogP contribution in [0.3, 0.4) is 0 Å². The summed E-state index contributed by atoms with van der Waals surface area (Å²) in [5.74, 6) is -1.42. The molecule has 0 aliphatic carbocycles. The highest BCUT2D eigenvalue weighted by molar-refractivity contribution is 7.17. The molecule has 1 unspecified atom stereocenters. The van der Waals surface area contributed by atoms with Crippen LogP contribution in [-0.4, -0.2) is 47.6 Å². The van der Waals surface area contributed by atoms with Crippen molar-refractivity contribution in [3.63, 3.8) is 0 Å². The molecule has 7 heteroatoms. The Morgan fingerprint density at radius 2 is 2.26 bits per heavy atom. The van der Waals surface area contributed by atoms with Crippen molar-refractivity contribution in [1.82, 2.24) is 4.98 Å². The van der Waals surface area contributed by atoms with Gasteiger partial charge in [-0.2, -0.15) is 0 Å². The van der Waals surface area contributed by atoms with Gasteiger partial charge in [-0.05, 0) is 13.3 Å². The van der Waals surface area contributed by atoms with Gasteiger partial charge in [0.15, 0.2) is 16.6 Å². The van der Waals surface area contributed by atoms with Crippen LogP contribution in [0.5, 0.6) is 0 Å². The van der Waals surface area contributed by atoms with Gasteiger partial charge in [-0.3, -0.25) is 4.79 Å².